The molecule has 17 heavy (non-hydrogen) atoms. The second-order valence-corrected chi connectivity index (χ2v) is 3.42. The van der Waals surface area contributed by atoms with Crippen LogP contribution in [0, 0.1) is 0 Å². The number of hydrogen-bond donors (Lipinski definition) is 1. The molecule has 0 saturated heterocycles. The van der Waals surface area contributed by atoms with Gasteiger partial charge in [0.15, 0.2) is 6.10 Å². The molecule has 0 bridgehead atoms. The molecule has 5 heteroatoms. The van der Waals surface area contributed by atoms with Crippen LogP contribution in [-0.2, 0) is 11.3 Å². The molecular weight excluding hydrogens is 233 g/mol. The SMILES string of the molecule is O[C@@H](/C=C/COCc1ccccc1)C(F)(F)F. The van der Waals surface area contributed by atoms with Crippen LogP contribution in [0.1, 0.15) is 5.56 Å². The van der Waals surface area contributed by atoms with Crippen LogP contribution in [0.4, 0.5) is 13.2 Å². The van der Waals surface area contributed by atoms with E-state index in [2.05, 4.69) is 0 Å². The van der Waals surface area contributed by atoms with E-state index in [0.29, 0.717) is 12.7 Å². The number of hydrogen-bond acceptors (Lipinski definition) is 2. The summed E-state index contributed by atoms with van der Waals surface area (Å²) in [7, 11) is 0. The normalized spacial score (nSPS) is 14.1. The van der Waals surface area contributed by atoms with Gasteiger partial charge >= 0.3 is 6.18 Å². The summed E-state index contributed by atoms with van der Waals surface area (Å²) < 4.78 is 40.8. The van der Waals surface area contributed by atoms with E-state index < -0.39 is 12.3 Å². The molecule has 2 nitrogen and oxygen atoms in total. The molecule has 0 unspecified atom stereocenters. The molecule has 0 spiro atoms. The molecule has 0 aromatic heterocycles. The Morgan fingerprint density at radius 3 is 2.47 bits per heavy atom. The van der Waals surface area contributed by atoms with Gasteiger partial charge in [-0.05, 0) is 11.6 Å². The maximum atomic E-state index is 11.9. The first-order chi connectivity index (χ1) is 8.00. The maximum Gasteiger partial charge on any atom is 0.417 e. The summed E-state index contributed by atoms with van der Waals surface area (Å²) in [6.07, 6.45) is -5.22. The number of rotatable bonds is 5. The Hall–Kier alpha value is -1.33. The zero-order valence-electron chi connectivity index (χ0n) is 9.02. The lowest BCUT2D eigenvalue weighted by molar-refractivity contribution is -0.187. The highest BCUT2D eigenvalue weighted by atomic mass is 19.4. The molecule has 0 radical (unpaired) electrons. The van der Waals surface area contributed by atoms with Crippen molar-refractivity contribution in [1.29, 1.82) is 0 Å². The van der Waals surface area contributed by atoms with Crippen molar-refractivity contribution in [3.05, 3.63) is 48.0 Å². The molecule has 0 amide bonds. The first kappa shape index (κ1) is 13.7. The number of halogens is 3. The predicted octanol–water partition coefficient (Wildman–Crippen LogP) is 2.68. The van der Waals surface area contributed by atoms with Crippen molar-refractivity contribution in [3.63, 3.8) is 0 Å². The van der Waals surface area contributed by atoms with Gasteiger partial charge in [-0.25, -0.2) is 0 Å². The smallest absolute Gasteiger partial charge is 0.380 e. The molecule has 0 aliphatic heterocycles. The van der Waals surface area contributed by atoms with E-state index in [-0.39, 0.29) is 6.61 Å². The summed E-state index contributed by atoms with van der Waals surface area (Å²) in [5, 5.41) is 8.63. The summed E-state index contributed by atoms with van der Waals surface area (Å²) in [5.74, 6) is 0. The first-order valence-corrected chi connectivity index (χ1v) is 5.03. The number of aliphatic hydroxyl groups is 1. The lowest BCUT2D eigenvalue weighted by Crippen LogP contribution is -2.26. The summed E-state index contributed by atoms with van der Waals surface area (Å²) in [5.41, 5.74) is 0.942. The van der Waals surface area contributed by atoms with Crippen LogP contribution in [0.2, 0.25) is 0 Å². The van der Waals surface area contributed by atoms with Crippen LogP contribution in [-0.4, -0.2) is 24.0 Å². The van der Waals surface area contributed by atoms with Crippen LogP contribution in [0.5, 0.6) is 0 Å². The number of benzene rings is 1. The summed E-state index contributed by atoms with van der Waals surface area (Å²) in [4.78, 5) is 0. The minimum atomic E-state index is -4.62. The molecule has 0 heterocycles. The summed E-state index contributed by atoms with van der Waals surface area (Å²) in [6, 6.07) is 9.27. The Bertz CT molecular complexity index is 347. The largest absolute Gasteiger partial charge is 0.417 e. The Kier molecular flexibility index (Phi) is 5.18. The second-order valence-electron chi connectivity index (χ2n) is 3.42. The highest BCUT2D eigenvalue weighted by Crippen LogP contribution is 2.20. The number of aliphatic hydroxyl groups excluding tert-OH is 1. The standard InChI is InChI=1S/C12H13F3O2/c13-12(14,15)11(16)7-4-8-17-9-10-5-2-1-3-6-10/h1-7,11,16H,8-9H2/b7-4+/t11-/m0/s1. The van der Waals surface area contributed by atoms with Gasteiger partial charge in [0.25, 0.3) is 0 Å². The fraction of sp³-hybridized carbons (Fsp3) is 0.333. The van der Waals surface area contributed by atoms with Crippen molar-refractivity contribution < 1.29 is 23.0 Å². The van der Waals surface area contributed by atoms with Crippen LogP contribution >= 0.6 is 0 Å². The monoisotopic (exact) mass is 246 g/mol. The van der Waals surface area contributed by atoms with Crippen molar-refractivity contribution in [2.75, 3.05) is 6.61 Å². The van der Waals surface area contributed by atoms with Gasteiger partial charge in [0.2, 0.25) is 0 Å². The molecule has 0 aliphatic carbocycles. The van der Waals surface area contributed by atoms with Gasteiger partial charge in [0.05, 0.1) is 13.2 Å². The third-order valence-electron chi connectivity index (χ3n) is 1.98. The quantitative estimate of drug-likeness (QED) is 0.639. The van der Waals surface area contributed by atoms with E-state index >= 15 is 0 Å². The van der Waals surface area contributed by atoms with Gasteiger partial charge in [-0.2, -0.15) is 13.2 Å². The zero-order valence-corrected chi connectivity index (χ0v) is 9.02. The van der Waals surface area contributed by atoms with Crippen molar-refractivity contribution in [2.45, 2.75) is 18.9 Å². The van der Waals surface area contributed by atoms with Gasteiger partial charge < -0.3 is 9.84 Å². The van der Waals surface area contributed by atoms with Crippen molar-refractivity contribution >= 4 is 0 Å². The molecule has 1 aromatic carbocycles. The molecule has 1 aromatic rings. The fourth-order valence-corrected chi connectivity index (χ4v) is 1.11. The van der Waals surface area contributed by atoms with E-state index in [0.717, 1.165) is 11.6 Å². The van der Waals surface area contributed by atoms with Gasteiger partial charge in [0.1, 0.15) is 0 Å². The Balaban J connectivity index is 2.23. The maximum absolute atomic E-state index is 11.9. The first-order valence-electron chi connectivity index (χ1n) is 5.03. The highest BCUT2D eigenvalue weighted by Gasteiger charge is 2.35. The van der Waals surface area contributed by atoms with Gasteiger partial charge in [0, 0.05) is 0 Å². The lowest BCUT2D eigenvalue weighted by Gasteiger charge is -2.09. The van der Waals surface area contributed by atoms with Crippen LogP contribution < -0.4 is 0 Å². The molecule has 0 aliphatic rings. The minimum Gasteiger partial charge on any atom is -0.380 e. The topological polar surface area (TPSA) is 29.5 Å². The predicted molar refractivity (Wildman–Crippen MR) is 57.3 cm³/mol. The van der Waals surface area contributed by atoms with E-state index in [4.69, 9.17) is 9.84 Å². The van der Waals surface area contributed by atoms with Gasteiger partial charge in [-0.15, -0.1) is 0 Å². The fourth-order valence-electron chi connectivity index (χ4n) is 1.11. The van der Waals surface area contributed by atoms with Crippen molar-refractivity contribution in [2.24, 2.45) is 0 Å². The third kappa shape index (κ3) is 5.51. The van der Waals surface area contributed by atoms with Crippen molar-refractivity contribution in [3.8, 4) is 0 Å². The average Bonchev–Trinajstić information content (AvgIpc) is 2.28. The van der Waals surface area contributed by atoms with Crippen LogP contribution in [0.3, 0.4) is 0 Å². The van der Waals surface area contributed by atoms with Crippen molar-refractivity contribution in [1.82, 2.24) is 0 Å². The second kappa shape index (κ2) is 6.42. The van der Waals surface area contributed by atoms with E-state index in [1.54, 1.807) is 0 Å². The van der Waals surface area contributed by atoms with E-state index in [9.17, 15) is 13.2 Å². The Morgan fingerprint density at radius 1 is 1.24 bits per heavy atom. The number of alkyl halides is 3. The van der Waals surface area contributed by atoms with Gasteiger partial charge in [-0.1, -0.05) is 36.4 Å². The minimum absolute atomic E-state index is 0.0298. The third-order valence-corrected chi connectivity index (χ3v) is 1.98. The summed E-state index contributed by atoms with van der Waals surface area (Å²) in [6.45, 7) is 0.356. The number of ether oxygens (including phenoxy) is 1. The molecule has 1 atom stereocenters. The van der Waals surface area contributed by atoms with Crippen LogP contribution in [0.15, 0.2) is 42.5 Å². The zero-order chi connectivity index (χ0) is 12.7. The Morgan fingerprint density at radius 2 is 1.88 bits per heavy atom. The molecule has 1 N–H and O–H groups in total. The van der Waals surface area contributed by atoms with Crippen LogP contribution in [0.25, 0.3) is 0 Å². The molecule has 0 fully saturated rings. The molecule has 0 saturated carbocycles. The lowest BCUT2D eigenvalue weighted by atomic mass is 10.2. The van der Waals surface area contributed by atoms with Gasteiger partial charge in [-0.3, -0.25) is 0 Å². The van der Waals surface area contributed by atoms with E-state index in [1.165, 1.54) is 0 Å². The van der Waals surface area contributed by atoms with E-state index in [1.807, 2.05) is 30.3 Å². The summed E-state index contributed by atoms with van der Waals surface area (Å²) >= 11 is 0. The molecular formula is C12H13F3O2. The average molecular weight is 246 g/mol. The Labute approximate surface area is 97.3 Å². The molecule has 1 rings (SSSR count). The highest BCUT2D eigenvalue weighted by molar-refractivity contribution is 5.13. The molecule has 94 valence electrons.